The summed E-state index contributed by atoms with van der Waals surface area (Å²) in [5.74, 6) is 1.30. The van der Waals surface area contributed by atoms with Gasteiger partial charge in [-0.2, -0.15) is 0 Å². The first-order chi connectivity index (χ1) is 14.2. The van der Waals surface area contributed by atoms with Gasteiger partial charge in [0.15, 0.2) is 5.78 Å². The highest BCUT2D eigenvalue weighted by molar-refractivity contribution is 6.27. The van der Waals surface area contributed by atoms with Crippen LogP contribution >= 0.6 is 0 Å². The molecule has 0 saturated carbocycles. The van der Waals surface area contributed by atoms with Crippen molar-refractivity contribution >= 4 is 22.7 Å². The molecule has 0 bridgehead atoms. The third kappa shape index (κ3) is 3.34. The maximum atomic E-state index is 13.1. The van der Waals surface area contributed by atoms with E-state index in [9.17, 15) is 9.59 Å². The minimum Gasteiger partial charge on any atom is -0.497 e. The fourth-order valence-corrected chi connectivity index (χ4v) is 3.61. The number of methoxy groups -OCH3 is 2. The number of fused-ring (bicyclic) bond motifs is 5. The van der Waals surface area contributed by atoms with Crippen molar-refractivity contribution in [3.63, 3.8) is 0 Å². The van der Waals surface area contributed by atoms with Gasteiger partial charge in [-0.15, -0.1) is 0 Å². The van der Waals surface area contributed by atoms with Crippen molar-refractivity contribution in [3.8, 4) is 28.4 Å². The van der Waals surface area contributed by atoms with Crippen molar-refractivity contribution in [2.24, 2.45) is 0 Å². The van der Waals surface area contributed by atoms with Crippen LogP contribution in [-0.2, 0) is 4.74 Å². The number of hydrogen-bond donors (Lipinski definition) is 0. The van der Waals surface area contributed by atoms with Gasteiger partial charge in [-0.3, -0.25) is 4.79 Å². The van der Waals surface area contributed by atoms with Gasteiger partial charge in [0, 0.05) is 22.1 Å². The first-order valence-corrected chi connectivity index (χ1v) is 9.50. The molecule has 6 nitrogen and oxygen atoms in total. The number of benzene rings is 3. The van der Waals surface area contributed by atoms with Gasteiger partial charge in [0.2, 0.25) is 0 Å². The van der Waals surface area contributed by atoms with Crippen molar-refractivity contribution in [1.29, 1.82) is 0 Å². The number of ketones is 1. The number of carbonyl (C=O) groups is 2. The van der Waals surface area contributed by atoms with Crippen molar-refractivity contribution in [3.05, 3.63) is 53.6 Å². The van der Waals surface area contributed by atoms with E-state index in [1.807, 2.05) is 24.3 Å². The fourth-order valence-electron chi connectivity index (χ4n) is 3.61. The standard InChI is InChI=1S/C24H22O6/c1-24(2,3)30-23(26)29-20-12-19-21(15-8-6-13(27-4)10-17(15)20)16-9-7-14(28-5)11-18(16)22(19)25/h6-12H,1-5H3. The van der Waals surface area contributed by atoms with Crippen LogP contribution in [0.3, 0.4) is 0 Å². The van der Waals surface area contributed by atoms with Gasteiger partial charge in [-0.05, 0) is 74.2 Å². The molecule has 3 aromatic rings. The Labute approximate surface area is 174 Å². The minimum atomic E-state index is -0.837. The molecular weight excluding hydrogens is 384 g/mol. The van der Waals surface area contributed by atoms with Crippen molar-refractivity contribution in [2.45, 2.75) is 26.4 Å². The van der Waals surface area contributed by atoms with E-state index in [0.29, 0.717) is 28.0 Å². The molecule has 0 atom stereocenters. The second kappa shape index (κ2) is 7.06. The third-order valence-electron chi connectivity index (χ3n) is 4.87. The molecule has 0 aromatic heterocycles. The van der Waals surface area contributed by atoms with E-state index in [1.165, 1.54) is 0 Å². The highest BCUT2D eigenvalue weighted by atomic mass is 16.7. The van der Waals surface area contributed by atoms with Gasteiger partial charge < -0.3 is 18.9 Å². The second-order valence-corrected chi connectivity index (χ2v) is 8.02. The largest absolute Gasteiger partial charge is 0.514 e. The lowest BCUT2D eigenvalue weighted by atomic mass is 9.97. The molecule has 0 heterocycles. The zero-order chi connectivity index (χ0) is 21.6. The quantitative estimate of drug-likeness (QED) is 0.336. The van der Waals surface area contributed by atoms with Crippen LogP contribution in [0, 0.1) is 0 Å². The molecule has 0 fully saturated rings. The maximum Gasteiger partial charge on any atom is 0.514 e. The summed E-state index contributed by atoms with van der Waals surface area (Å²) in [6.45, 7) is 5.27. The van der Waals surface area contributed by atoms with Crippen molar-refractivity contribution in [1.82, 2.24) is 0 Å². The van der Waals surface area contributed by atoms with E-state index in [-0.39, 0.29) is 11.5 Å². The predicted octanol–water partition coefficient (Wildman–Crippen LogP) is 5.38. The van der Waals surface area contributed by atoms with Crippen LogP contribution in [0.4, 0.5) is 4.79 Å². The number of rotatable bonds is 3. The zero-order valence-electron chi connectivity index (χ0n) is 17.5. The Bertz CT molecular complexity index is 1190. The molecule has 1 aliphatic carbocycles. The van der Waals surface area contributed by atoms with E-state index in [1.54, 1.807) is 53.2 Å². The molecular formula is C24H22O6. The molecule has 3 aromatic carbocycles. The van der Waals surface area contributed by atoms with E-state index < -0.39 is 11.8 Å². The van der Waals surface area contributed by atoms with Crippen molar-refractivity contribution in [2.75, 3.05) is 14.2 Å². The predicted molar refractivity (Wildman–Crippen MR) is 113 cm³/mol. The maximum absolute atomic E-state index is 13.1. The van der Waals surface area contributed by atoms with Crippen LogP contribution in [0.5, 0.6) is 17.2 Å². The second-order valence-electron chi connectivity index (χ2n) is 8.02. The molecule has 30 heavy (non-hydrogen) atoms. The van der Waals surface area contributed by atoms with Crippen LogP contribution in [0.2, 0.25) is 0 Å². The van der Waals surface area contributed by atoms with Gasteiger partial charge >= 0.3 is 6.16 Å². The first kappa shape index (κ1) is 19.8. The highest BCUT2D eigenvalue weighted by Crippen LogP contribution is 2.46. The van der Waals surface area contributed by atoms with E-state index in [0.717, 1.165) is 16.5 Å². The van der Waals surface area contributed by atoms with E-state index >= 15 is 0 Å². The molecule has 0 spiro atoms. The summed E-state index contributed by atoms with van der Waals surface area (Å²) in [6.07, 6.45) is -0.837. The van der Waals surface area contributed by atoms with E-state index in [4.69, 9.17) is 18.9 Å². The number of ether oxygens (including phenoxy) is 4. The summed E-state index contributed by atoms with van der Waals surface area (Å²) in [5.41, 5.74) is 1.93. The average Bonchev–Trinajstić information content (AvgIpc) is 2.97. The van der Waals surface area contributed by atoms with Gasteiger partial charge in [0.05, 0.1) is 14.2 Å². The Morgan fingerprint density at radius 1 is 0.800 bits per heavy atom. The molecule has 154 valence electrons. The van der Waals surface area contributed by atoms with Gasteiger partial charge in [0.25, 0.3) is 0 Å². The highest BCUT2D eigenvalue weighted by Gasteiger charge is 2.31. The number of hydrogen-bond acceptors (Lipinski definition) is 6. The molecule has 0 N–H and O–H groups in total. The lowest BCUT2D eigenvalue weighted by Gasteiger charge is -2.19. The fraction of sp³-hybridized carbons (Fsp3) is 0.250. The summed E-state index contributed by atoms with van der Waals surface area (Å²) in [6, 6.07) is 12.5. The summed E-state index contributed by atoms with van der Waals surface area (Å²) in [7, 11) is 3.12. The molecule has 4 rings (SSSR count). The third-order valence-corrected chi connectivity index (χ3v) is 4.87. The Morgan fingerprint density at radius 2 is 1.47 bits per heavy atom. The minimum absolute atomic E-state index is 0.148. The summed E-state index contributed by atoms with van der Waals surface area (Å²) < 4.78 is 21.4. The smallest absolute Gasteiger partial charge is 0.497 e. The number of carbonyl (C=O) groups excluding carboxylic acids is 2. The summed E-state index contributed by atoms with van der Waals surface area (Å²) in [4.78, 5) is 25.5. The van der Waals surface area contributed by atoms with Gasteiger partial charge in [-0.25, -0.2) is 4.79 Å². The molecule has 0 amide bonds. The Balaban J connectivity index is 1.92. The Hall–Kier alpha value is -3.54. The first-order valence-electron chi connectivity index (χ1n) is 9.50. The van der Waals surface area contributed by atoms with Gasteiger partial charge in [-0.1, -0.05) is 0 Å². The zero-order valence-corrected chi connectivity index (χ0v) is 17.5. The van der Waals surface area contributed by atoms with Crippen LogP contribution < -0.4 is 14.2 Å². The Morgan fingerprint density at radius 3 is 2.13 bits per heavy atom. The van der Waals surface area contributed by atoms with E-state index in [2.05, 4.69) is 0 Å². The molecule has 0 aliphatic heterocycles. The van der Waals surface area contributed by atoms with Crippen molar-refractivity contribution < 1.29 is 28.5 Å². The normalized spacial score (nSPS) is 12.4. The summed E-state index contributed by atoms with van der Waals surface area (Å²) >= 11 is 0. The molecule has 6 heteroatoms. The summed E-state index contributed by atoms with van der Waals surface area (Å²) in [5, 5.41) is 1.43. The van der Waals surface area contributed by atoms with Gasteiger partial charge in [0.1, 0.15) is 22.8 Å². The molecule has 1 aliphatic rings. The topological polar surface area (TPSA) is 71.1 Å². The SMILES string of the molecule is COc1ccc2c(c1)C(=O)c1cc(OC(=O)OC(C)(C)C)c3cc(OC)ccc3c1-2. The van der Waals surface area contributed by atoms with Crippen LogP contribution in [0.15, 0.2) is 42.5 Å². The monoisotopic (exact) mass is 406 g/mol. The lowest BCUT2D eigenvalue weighted by Crippen LogP contribution is -2.26. The van der Waals surface area contributed by atoms with Crippen LogP contribution in [-0.4, -0.2) is 31.8 Å². The molecule has 0 unspecified atom stereocenters. The van der Waals surface area contributed by atoms with Crippen LogP contribution in [0.1, 0.15) is 36.7 Å². The van der Waals surface area contributed by atoms with Crippen LogP contribution in [0.25, 0.3) is 21.9 Å². The molecule has 0 saturated heterocycles. The molecule has 0 radical (unpaired) electrons. The lowest BCUT2D eigenvalue weighted by molar-refractivity contribution is 0.0209. The Kier molecular flexibility index (Phi) is 4.65. The average molecular weight is 406 g/mol.